The fourth-order valence-corrected chi connectivity index (χ4v) is 9.99. The van der Waals surface area contributed by atoms with Crippen molar-refractivity contribution >= 4 is 28.9 Å². The first-order chi connectivity index (χ1) is 13.9. The summed E-state index contributed by atoms with van der Waals surface area (Å²) in [6.45, 7) is 13.6. The molecule has 2 aromatic heterocycles. The molecule has 0 amide bonds. The van der Waals surface area contributed by atoms with Gasteiger partial charge in [0.25, 0.3) is 0 Å². The molecule has 0 bridgehead atoms. The second kappa shape index (κ2) is 8.27. The molecule has 0 saturated heterocycles. The molecule has 0 spiro atoms. The minimum Gasteiger partial charge on any atom is -0.474 e. The zero-order chi connectivity index (χ0) is 22.3. The van der Waals surface area contributed by atoms with Crippen molar-refractivity contribution in [3.8, 4) is 17.3 Å². The lowest BCUT2D eigenvalue weighted by Crippen LogP contribution is -2.43. The highest BCUT2D eigenvalue weighted by Gasteiger charge is 2.41. The van der Waals surface area contributed by atoms with E-state index < -0.39 is 17.9 Å². The van der Waals surface area contributed by atoms with Gasteiger partial charge in [0.1, 0.15) is 14.2 Å². The van der Waals surface area contributed by atoms with E-state index in [-0.39, 0.29) is 11.3 Å². The number of ether oxygens (including phenoxy) is 1. The maximum absolute atomic E-state index is 11.9. The number of hydrogen-bond donors (Lipinski definition) is 0. The van der Waals surface area contributed by atoms with Crippen molar-refractivity contribution in [2.45, 2.75) is 82.3 Å². The lowest BCUT2D eigenvalue weighted by molar-refractivity contribution is 0.292. The highest BCUT2D eigenvalue weighted by molar-refractivity contribution is 7.90. The fraction of sp³-hybridized carbons (Fsp3) is 0.591. The van der Waals surface area contributed by atoms with Crippen molar-refractivity contribution in [2.75, 3.05) is 6.26 Å². The molecular weight excluding hydrogens is 414 g/mol. The van der Waals surface area contributed by atoms with Crippen LogP contribution in [0.5, 0.6) is 5.88 Å². The molecule has 1 saturated carbocycles. The van der Waals surface area contributed by atoms with Gasteiger partial charge in [-0.15, -0.1) is 5.54 Å². The average molecular weight is 446 g/mol. The Kier molecular flexibility index (Phi) is 6.26. The molecule has 30 heavy (non-hydrogen) atoms. The molecule has 0 aromatic carbocycles. The molecule has 3 rings (SSSR count). The van der Waals surface area contributed by atoms with E-state index in [1.165, 1.54) is 6.20 Å². The van der Waals surface area contributed by atoms with E-state index >= 15 is 0 Å². The summed E-state index contributed by atoms with van der Waals surface area (Å²) in [7, 11) is -5.47. The Morgan fingerprint density at radius 2 is 1.67 bits per heavy atom. The fourth-order valence-electron chi connectivity index (χ4n) is 4.28. The van der Waals surface area contributed by atoms with E-state index in [9.17, 15) is 8.42 Å². The first-order valence-electron chi connectivity index (χ1n) is 10.5. The predicted molar refractivity (Wildman–Crippen MR) is 122 cm³/mol. The zero-order valence-electron chi connectivity index (χ0n) is 18.9. The normalized spacial score (nSPS) is 15.0. The van der Waals surface area contributed by atoms with Crippen LogP contribution in [0.1, 0.15) is 59.9 Å². The number of pyridine rings is 1. The summed E-state index contributed by atoms with van der Waals surface area (Å²) in [6, 6.07) is 1.84. The van der Waals surface area contributed by atoms with Gasteiger partial charge in [-0.05, 0) is 29.5 Å². The number of hydrogen-bond acceptors (Lipinski definition) is 6. The van der Waals surface area contributed by atoms with Crippen LogP contribution in [0, 0.1) is 11.5 Å². The van der Waals surface area contributed by atoms with Crippen molar-refractivity contribution < 1.29 is 13.2 Å². The van der Waals surface area contributed by atoms with Crippen molar-refractivity contribution in [2.24, 2.45) is 0 Å². The summed E-state index contributed by atoms with van der Waals surface area (Å²) >= 11 is 0. The molecule has 0 aliphatic heterocycles. The van der Waals surface area contributed by atoms with Gasteiger partial charge in [-0.3, -0.25) is 0 Å². The summed E-state index contributed by atoms with van der Waals surface area (Å²) in [5, 5.41) is 0.414. The highest BCUT2D eigenvalue weighted by Crippen LogP contribution is 2.41. The van der Waals surface area contributed by atoms with Crippen molar-refractivity contribution in [3.63, 3.8) is 0 Å². The standard InChI is InChI=1S/C22H31N3O3SSi/c1-14(2)30(15(3)4,16(5)6)11-10-17-12-20(28-18-8-9-18)24-21-19(17)13-23-22(25-21)29(7,26)27/h12-16,18H,8-9H2,1-7H3. The van der Waals surface area contributed by atoms with E-state index in [0.29, 0.717) is 33.5 Å². The van der Waals surface area contributed by atoms with E-state index in [4.69, 9.17) is 4.74 Å². The van der Waals surface area contributed by atoms with Crippen molar-refractivity contribution in [1.29, 1.82) is 0 Å². The molecule has 2 heterocycles. The second-order valence-corrected chi connectivity index (χ2v) is 16.6. The monoisotopic (exact) mass is 445 g/mol. The van der Waals surface area contributed by atoms with Crippen LogP contribution in [-0.4, -0.2) is 43.8 Å². The van der Waals surface area contributed by atoms with Crippen molar-refractivity contribution in [1.82, 2.24) is 15.0 Å². The van der Waals surface area contributed by atoms with E-state index in [1.54, 1.807) is 0 Å². The first kappa shape index (κ1) is 22.7. The molecule has 0 atom stereocenters. The minimum atomic E-state index is -3.53. The predicted octanol–water partition coefficient (Wildman–Crippen LogP) is 4.54. The summed E-state index contributed by atoms with van der Waals surface area (Å²) in [5.74, 6) is 3.87. The van der Waals surface area contributed by atoms with Crippen LogP contribution in [0.4, 0.5) is 0 Å². The topological polar surface area (TPSA) is 82.0 Å². The maximum Gasteiger partial charge on any atom is 0.248 e. The first-order valence-corrected chi connectivity index (χ1v) is 14.6. The third-order valence-corrected chi connectivity index (χ3v) is 13.1. The van der Waals surface area contributed by atoms with Gasteiger partial charge < -0.3 is 4.74 Å². The Bertz CT molecular complexity index is 1090. The van der Waals surface area contributed by atoms with Gasteiger partial charge >= 0.3 is 0 Å². The molecule has 0 N–H and O–H groups in total. The van der Waals surface area contributed by atoms with E-state index in [1.807, 2.05) is 6.07 Å². The SMILES string of the molecule is CC(C)[Si](C#Cc1cc(OC2CC2)nc2nc(S(C)(=O)=O)ncc12)(C(C)C)C(C)C. The number of nitrogens with zero attached hydrogens (tertiary/aromatic N) is 3. The Labute approximate surface area is 180 Å². The van der Waals surface area contributed by atoms with Gasteiger partial charge in [0.05, 0.1) is 5.39 Å². The summed E-state index contributed by atoms with van der Waals surface area (Å²) in [5.41, 5.74) is 6.29. The lowest BCUT2D eigenvalue weighted by Gasteiger charge is -2.38. The third-order valence-electron chi connectivity index (χ3n) is 5.94. The Hall–Kier alpha value is -1.98. The van der Waals surface area contributed by atoms with Gasteiger partial charge in [0.2, 0.25) is 20.9 Å². The molecule has 2 aromatic rings. The van der Waals surface area contributed by atoms with Gasteiger partial charge in [0.15, 0.2) is 5.65 Å². The Morgan fingerprint density at radius 1 is 1.07 bits per heavy atom. The quantitative estimate of drug-likeness (QED) is 0.369. The van der Waals surface area contributed by atoms with Gasteiger partial charge in [0, 0.05) is 24.1 Å². The van der Waals surface area contributed by atoms with Gasteiger partial charge in [-0.25, -0.2) is 13.4 Å². The summed E-state index contributed by atoms with van der Waals surface area (Å²) < 4.78 is 29.7. The Balaban J connectivity index is 2.20. The number of aromatic nitrogens is 3. The lowest BCUT2D eigenvalue weighted by atomic mass is 10.2. The van der Waals surface area contributed by atoms with Gasteiger partial charge in [-0.2, -0.15) is 9.97 Å². The van der Waals surface area contributed by atoms with Crippen LogP contribution in [0.2, 0.25) is 16.6 Å². The summed E-state index contributed by atoms with van der Waals surface area (Å²) in [4.78, 5) is 12.7. The molecule has 1 fully saturated rings. The zero-order valence-corrected chi connectivity index (χ0v) is 20.7. The molecule has 6 nitrogen and oxygen atoms in total. The minimum absolute atomic E-state index is 0.169. The second-order valence-electron chi connectivity index (χ2n) is 9.13. The maximum atomic E-state index is 11.9. The van der Waals surface area contributed by atoms with Crippen LogP contribution in [0.3, 0.4) is 0 Å². The van der Waals surface area contributed by atoms with Crippen LogP contribution in [0.25, 0.3) is 11.0 Å². The molecule has 1 aliphatic rings. The smallest absolute Gasteiger partial charge is 0.248 e. The van der Waals surface area contributed by atoms with Crippen LogP contribution < -0.4 is 4.74 Å². The largest absolute Gasteiger partial charge is 0.474 e. The number of rotatable bonds is 6. The molecule has 1 aliphatic carbocycles. The van der Waals surface area contributed by atoms with Gasteiger partial charge in [-0.1, -0.05) is 47.5 Å². The molecule has 8 heteroatoms. The molecule has 162 valence electrons. The molecule has 0 radical (unpaired) electrons. The van der Waals surface area contributed by atoms with Crippen LogP contribution in [-0.2, 0) is 9.84 Å². The van der Waals surface area contributed by atoms with Crippen LogP contribution >= 0.6 is 0 Å². The highest BCUT2D eigenvalue weighted by atomic mass is 32.2. The number of fused-ring (bicyclic) bond motifs is 1. The van der Waals surface area contributed by atoms with E-state index in [0.717, 1.165) is 24.7 Å². The third kappa shape index (κ3) is 4.52. The van der Waals surface area contributed by atoms with Crippen molar-refractivity contribution in [3.05, 3.63) is 17.8 Å². The summed E-state index contributed by atoms with van der Waals surface area (Å²) in [6.07, 6.45) is 4.78. The molecular formula is C22H31N3O3SSi. The average Bonchev–Trinajstić information content (AvgIpc) is 3.43. The van der Waals surface area contributed by atoms with Crippen LogP contribution in [0.15, 0.2) is 17.4 Å². The number of sulfone groups is 1. The Morgan fingerprint density at radius 3 is 2.17 bits per heavy atom. The van der Waals surface area contributed by atoms with E-state index in [2.05, 4.69) is 68.0 Å². The molecule has 0 unspecified atom stereocenters.